The Bertz CT molecular complexity index is 354. The highest BCUT2D eigenvalue weighted by molar-refractivity contribution is 5.48. The van der Waals surface area contributed by atoms with Crippen molar-refractivity contribution in [2.75, 3.05) is 18.0 Å². The molecular weight excluding hydrogens is 194 g/mol. The lowest BCUT2D eigenvalue weighted by Crippen LogP contribution is -2.38. The summed E-state index contributed by atoms with van der Waals surface area (Å²) in [5, 5.41) is 0. The molecular formula is C15H21N. The van der Waals surface area contributed by atoms with Crippen LogP contribution in [-0.4, -0.2) is 13.1 Å². The standard InChI is InChI=1S/C15H21N/c1-12-5-7-15(8-6-12)16-10-9-13-3-2-4-14(13)11-16/h5-8,13-14H,2-4,9-11H2,1H3. The average molecular weight is 215 g/mol. The van der Waals surface area contributed by atoms with Crippen LogP contribution in [0.4, 0.5) is 5.69 Å². The van der Waals surface area contributed by atoms with E-state index in [2.05, 4.69) is 36.1 Å². The second-order valence-corrected chi connectivity index (χ2v) is 5.52. The zero-order valence-corrected chi connectivity index (χ0v) is 10.2. The van der Waals surface area contributed by atoms with Crippen LogP contribution in [0.1, 0.15) is 31.2 Å². The van der Waals surface area contributed by atoms with E-state index in [-0.39, 0.29) is 0 Å². The predicted octanol–water partition coefficient (Wildman–Crippen LogP) is 3.62. The van der Waals surface area contributed by atoms with Gasteiger partial charge in [-0.05, 0) is 43.7 Å². The fraction of sp³-hybridized carbons (Fsp3) is 0.600. The Morgan fingerprint density at radius 3 is 2.56 bits per heavy atom. The molecule has 2 fully saturated rings. The molecule has 0 bridgehead atoms. The zero-order valence-electron chi connectivity index (χ0n) is 10.2. The van der Waals surface area contributed by atoms with E-state index >= 15 is 0 Å². The summed E-state index contributed by atoms with van der Waals surface area (Å²) in [4.78, 5) is 2.59. The number of hydrogen-bond acceptors (Lipinski definition) is 1. The molecule has 16 heavy (non-hydrogen) atoms. The minimum atomic E-state index is 0.982. The van der Waals surface area contributed by atoms with E-state index in [1.54, 1.807) is 0 Å². The van der Waals surface area contributed by atoms with Gasteiger partial charge in [-0.15, -0.1) is 0 Å². The van der Waals surface area contributed by atoms with E-state index in [0.717, 1.165) is 11.8 Å². The second kappa shape index (κ2) is 4.12. The highest BCUT2D eigenvalue weighted by Gasteiger charge is 2.32. The Labute approximate surface area is 98.5 Å². The van der Waals surface area contributed by atoms with Crippen LogP contribution in [0.5, 0.6) is 0 Å². The lowest BCUT2D eigenvalue weighted by molar-refractivity contribution is 0.324. The molecule has 3 rings (SSSR count). The summed E-state index contributed by atoms with van der Waals surface area (Å²) in [5.74, 6) is 2.02. The number of aryl methyl sites for hydroxylation is 1. The maximum absolute atomic E-state index is 2.59. The van der Waals surface area contributed by atoms with Crippen LogP contribution in [0.25, 0.3) is 0 Å². The monoisotopic (exact) mass is 215 g/mol. The third kappa shape index (κ3) is 1.83. The quantitative estimate of drug-likeness (QED) is 0.691. The molecule has 0 aromatic heterocycles. The molecule has 2 unspecified atom stereocenters. The molecule has 2 atom stereocenters. The van der Waals surface area contributed by atoms with E-state index in [0.29, 0.717) is 0 Å². The van der Waals surface area contributed by atoms with Crippen LogP contribution in [-0.2, 0) is 0 Å². The molecule has 0 radical (unpaired) electrons. The van der Waals surface area contributed by atoms with E-state index < -0.39 is 0 Å². The Morgan fingerprint density at radius 2 is 1.75 bits per heavy atom. The van der Waals surface area contributed by atoms with Crippen molar-refractivity contribution in [2.45, 2.75) is 32.6 Å². The number of nitrogens with zero attached hydrogens (tertiary/aromatic N) is 1. The number of hydrogen-bond donors (Lipinski definition) is 0. The van der Waals surface area contributed by atoms with Crippen molar-refractivity contribution in [1.82, 2.24) is 0 Å². The van der Waals surface area contributed by atoms with Crippen molar-refractivity contribution in [3.05, 3.63) is 29.8 Å². The van der Waals surface area contributed by atoms with Crippen molar-refractivity contribution < 1.29 is 0 Å². The third-order valence-corrected chi connectivity index (χ3v) is 4.44. The Kier molecular flexibility index (Phi) is 2.62. The van der Waals surface area contributed by atoms with Crippen LogP contribution in [0.3, 0.4) is 0 Å². The van der Waals surface area contributed by atoms with Gasteiger partial charge in [0.15, 0.2) is 0 Å². The summed E-state index contributed by atoms with van der Waals surface area (Å²) in [6, 6.07) is 9.03. The third-order valence-electron chi connectivity index (χ3n) is 4.44. The highest BCUT2D eigenvalue weighted by atomic mass is 15.1. The van der Waals surface area contributed by atoms with Gasteiger partial charge in [0, 0.05) is 18.8 Å². The van der Waals surface area contributed by atoms with Crippen LogP contribution in [0.15, 0.2) is 24.3 Å². The molecule has 1 aromatic rings. The number of rotatable bonds is 1. The van der Waals surface area contributed by atoms with E-state index in [4.69, 9.17) is 0 Å². The van der Waals surface area contributed by atoms with Crippen molar-refractivity contribution in [2.24, 2.45) is 11.8 Å². The van der Waals surface area contributed by atoms with Crippen LogP contribution in [0, 0.1) is 18.8 Å². The number of anilines is 1. The van der Waals surface area contributed by atoms with Crippen molar-refractivity contribution in [3.8, 4) is 0 Å². The smallest absolute Gasteiger partial charge is 0.0366 e. The van der Waals surface area contributed by atoms with Crippen LogP contribution < -0.4 is 4.90 Å². The van der Waals surface area contributed by atoms with Crippen LogP contribution in [0.2, 0.25) is 0 Å². The molecule has 1 nitrogen and oxygen atoms in total. The Morgan fingerprint density at radius 1 is 1.00 bits per heavy atom. The summed E-state index contributed by atoms with van der Waals surface area (Å²) in [5.41, 5.74) is 2.79. The van der Waals surface area contributed by atoms with Gasteiger partial charge in [-0.3, -0.25) is 0 Å². The molecule has 0 amide bonds. The van der Waals surface area contributed by atoms with Gasteiger partial charge in [0.25, 0.3) is 0 Å². The number of piperidine rings is 1. The Balaban J connectivity index is 1.74. The fourth-order valence-electron chi connectivity index (χ4n) is 3.42. The van der Waals surface area contributed by atoms with Gasteiger partial charge in [0.2, 0.25) is 0 Å². The fourth-order valence-corrected chi connectivity index (χ4v) is 3.42. The van der Waals surface area contributed by atoms with E-state index in [1.165, 1.54) is 50.0 Å². The molecule has 2 aliphatic rings. The van der Waals surface area contributed by atoms with Gasteiger partial charge in [-0.2, -0.15) is 0 Å². The van der Waals surface area contributed by atoms with Crippen LogP contribution >= 0.6 is 0 Å². The van der Waals surface area contributed by atoms with Gasteiger partial charge >= 0.3 is 0 Å². The average Bonchev–Trinajstić information content (AvgIpc) is 2.77. The van der Waals surface area contributed by atoms with Gasteiger partial charge in [-0.1, -0.05) is 30.5 Å². The Hall–Kier alpha value is -0.980. The van der Waals surface area contributed by atoms with Gasteiger partial charge in [0.1, 0.15) is 0 Å². The summed E-state index contributed by atoms with van der Waals surface area (Å²) < 4.78 is 0. The highest BCUT2D eigenvalue weighted by Crippen LogP contribution is 2.38. The minimum Gasteiger partial charge on any atom is -0.371 e. The zero-order chi connectivity index (χ0) is 11.0. The first kappa shape index (κ1) is 10.2. The molecule has 0 N–H and O–H groups in total. The molecule has 1 aliphatic heterocycles. The van der Waals surface area contributed by atoms with E-state index in [1.807, 2.05) is 0 Å². The van der Waals surface area contributed by atoms with E-state index in [9.17, 15) is 0 Å². The van der Waals surface area contributed by atoms with Gasteiger partial charge in [0.05, 0.1) is 0 Å². The first-order chi connectivity index (χ1) is 7.83. The molecule has 86 valence electrons. The van der Waals surface area contributed by atoms with Crippen molar-refractivity contribution in [3.63, 3.8) is 0 Å². The SMILES string of the molecule is Cc1ccc(N2CCC3CCCC3C2)cc1. The lowest BCUT2D eigenvalue weighted by Gasteiger charge is -2.36. The summed E-state index contributed by atoms with van der Waals surface area (Å²) in [6.07, 6.45) is 5.84. The normalized spacial score (nSPS) is 29.2. The number of fused-ring (bicyclic) bond motifs is 1. The van der Waals surface area contributed by atoms with Gasteiger partial charge in [-0.25, -0.2) is 0 Å². The number of benzene rings is 1. The summed E-state index contributed by atoms with van der Waals surface area (Å²) in [6.45, 7) is 4.73. The molecule has 1 heteroatoms. The molecule has 0 spiro atoms. The predicted molar refractivity (Wildman–Crippen MR) is 68.8 cm³/mol. The first-order valence-electron chi connectivity index (χ1n) is 6.64. The lowest BCUT2D eigenvalue weighted by atomic mass is 9.88. The first-order valence-corrected chi connectivity index (χ1v) is 6.64. The van der Waals surface area contributed by atoms with Crippen molar-refractivity contribution in [1.29, 1.82) is 0 Å². The molecule has 1 aliphatic carbocycles. The molecule has 1 saturated heterocycles. The van der Waals surface area contributed by atoms with Crippen molar-refractivity contribution >= 4 is 5.69 Å². The largest absolute Gasteiger partial charge is 0.371 e. The minimum absolute atomic E-state index is 0.982. The molecule has 1 saturated carbocycles. The topological polar surface area (TPSA) is 3.24 Å². The summed E-state index contributed by atoms with van der Waals surface area (Å²) >= 11 is 0. The van der Waals surface area contributed by atoms with Gasteiger partial charge < -0.3 is 4.90 Å². The second-order valence-electron chi connectivity index (χ2n) is 5.52. The summed E-state index contributed by atoms with van der Waals surface area (Å²) in [7, 11) is 0. The maximum atomic E-state index is 2.59. The molecule has 1 aromatic carbocycles. The maximum Gasteiger partial charge on any atom is 0.0366 e. The molecule has 1 heterocycles.